The standard InChI is InChI=1S/C12H12N4O/c13-16-14-8-9-6-11(15-12(17)7-9)10-4-2-1-3-5-10/h1-5,7,11H,6,8H2,(H,15,17). The molecule has 0 bridgehead atoms. The molecule has 0 spiro atoms. The van der Waals surface area contributed by atoms with E-state index in [4.69, 9.17) is 5.53 Å². The van der Waals surface area contributed by atoms with Crippen LogP contribution in [0.2, 0.25) is 0 Å². The molecule has 1 heterocycles. The number of nitrogens with zero attached hydrogens (tertiary/aromatic N) is 3. The number of amides is 1. The van der Waals surface area contributed by atoms with Crippen molar-refractivity contribution in [2.45, 2.75) is 12.5 Å². The van der Waals surface area contributed by atoms with Gasteiger partial charge in [0, 0.05) is 17.5 Å². The van der Waals surface area contributed by atoms with Crippen molar-refractivity contribution in [3.8, 4) is 0 Å². The fourth-order valence-corrected chi connectivity index (χ4v) is 1.89. The summed E-state index contributed by atoms with van der Waals surface area (Å²) in [5.41, 5.74) is 10.2. The van der Waals surface area contributed by atoms with Crippen LogP contribution < -0.4 is 5.32 Å². The lowest BCUT2D eigenvalue weighted by molar-refractivity contribution is -0.117. The molecule has 0 radical (unpaired) electrons. The highest BCUT2D eigenvalue weighted by molar-refractivity contribution is 5.89. The second-order valence-electron chi connectivity index (χ2n) is 3.87. The van der Waals surface area contributed by atoms with E-state index in [2.05, 4.69) is 15.3 Å². The number of hydrogen-bond acceptors (Lipinski definition) is 2. The maximum Gasteiger partial charge on any atom is 0.244 e. The van der Waals surface area contributed by atoms with E-state index in [0.29, 0.717) is 6.42 Å². The largest absolute Gasteiger partial charge is 0.345 e. The van der Waals surface area contributed by atoms with Crippen molar-refractivity contribution in [1.82, 2.24) is 5.32 Å². The van der Waals surface area contributed by atoms with Crippen LogP contribution in [-0.2, 0) is 4.79 Å². The first-order chi connectivity index (χ1) is 8.29. The van der Waals surface area contributed by atoms with Crippen LogP contribution in [-0.4, -0.2) is 12.5 Å². The van der Waals surface area contributed by atoms with Crippen LogP contribution in [0, 0.1) is 0 Å². The maximum absolute atomic E-state index is 11.5. The second kappa shape index (κ2) is 5.18. The minimum absolute atomic E-state index is 0.0300. The first-order valence-corrected chi connectivity index (χ1v) is 5.35. The van der Waals surface area contributed by atoms with Gasteiger partial charge in [0.05, 0.1) is 6.04 Å². The molecule has 1 aromatic rings. The number of hydrogen-bond donors (Lipinski definition) is 1. The van der Waals surface area contributed by atoms with E-state index in [0.717, 1.165) is 11.1 Å². The average Bonchev–Trinajstić information content (AvgIpc) is 2.37. The summed E-state index contributed by atoms with van der Waals surface area (Å²) in [7, 11) is 0. The zero-order chi connectivity index (χ0) is 12.1. The van der Waals surface area contributed by atoms with Crippen molar-refractivity contribution in [2.75, 3.05) is 6.54 Å². The molecule has 0 saturated carbocycles. The van der Waals surface area contributed by atoms with E-state index in [1.807, 2.05) is 30.3 Å². The lowest BCUT2D eigenvalue weighted by Gasteiger charge is -2.23. The normalized spacial score (nSPS) is 18.9. The van der Waals surface area contributed by atoms with Gasteiger partial charge >= 0.3 is 0 Å². The smallest absolute Gasteiger partial charge is 0.244 e. The highest BCUT2D eigenvalue weighted by Gasteiger charge is 2.20. The Morgan fingerprint density at radius 2 is 2.18 bits per heavy atom. The van der Waals surface area contributed by atoms with Crippen LogP contribution in [0.4, 0.5) is 0 Å². The van der Waals surface area contributed by atoms with Crippen molar-refractivity contribution in [1.29, 1.82) is 0 Å². The molecule has 1 aromatic carbocycles. The monoisotopic (exact) mass is 228 g/mol. The van der Waals surface area contributed by atoms with Crippen LogP contribution in [0.1, 0.15) is 18.0 Å². The minimum atomic E-state index is -0.131. The summed E-state index contributed by atoms with van der Waals surface area (Å²) in [4.78, 5) is 14.2. The number of benzene rings is 1. The summed E-state index contributed by atoms with van der Waals surface area (Å²) in [5.74, 6) is -0.131. The predicted octanol–water partition coefficient (Wildman–Crippen LogP) is 2.48. The van der Waals surface area contributed by atoms with Gasteiger partial charge in [-0.2, -0.15) is 0 Å². The highest BCUT2D eigenvalue weighted by atomic mass is 16.1. The van der Waals surface area contributed by atoms with Gasteiger partial charge in [-0.1, -0.05) is 41.0 Å². The third-order valence-corrected chi connectivity index (χ3v) is 2.66. The van der Waals surface area contributed by atoms with Crippen LogP contribution in [0.5, 0.6) is 0 Å². The lowest BCUT2D eigenvalue weighted by Crippen LogP contribution is -2.31. The van der Waals surface area contributed by atoms with Crippen molar-refractivity contribution in [2.24, 2.45) is 5.11 Å². The topological polar surface area (TPSA) is 77.9 Å². The number of carbonyl (C=O) groups excluding carboxylic acids is 1. The van der Waals surface area contributed by atoms with E-state index >= 15 is 0 Å². The van der Waals surface area contributed by atoms with E-state index < -0.39 is 0 Å². The molecule has 1 atom stereocenters. The fourth-order valence-electron chi connectivity index (χ4n) is 1.89. The van der Waals surface area contributed by atoms with Gasteiger partial charge in [0.1, 0.15) is 0 Å². The molecule has 2 rings (SSSR count). The van der Waals surface area contributed by atoms with Gasteiger partial charge in [0.15, 0.2) is 0 Å². The van der Waals surface area contributed by atoms with Crippen molar-refractivity contribution in [3.05, 3.63) is 58.0 Å². The molecule has 1 N–H and O–H groups in total. The summed E-state index contributed by atoms with van der Waals surface area (Å²) >= 11 is 0. The van der Waals surface area contributed by atoms with Gasteiger partial charge in [0.2, 0.25) is 5.91 Å². The number of rotatable bonds is 3. The molecule has 1 aliphatic heterocycles. The molecule has 5 nitrogen and oxygen atoms in total. The Morgan fingerprint density at radius 1 is 1.41 bits per heavy atom. The molecule has 0 fully saturated rings. The third kappa shape index (κ3) is 2.86. The van der Waals surface area contributed by atoms with Gasteiger partial charge in [-0.15, -0.1) is 0 Å². The zero-order valence-electron chi connectivity index (χ0n) is 9.21. The number of azide groups is 1. The molecule has 1 unspecified atom stereocenters. The summed E-state index contributed by atoms with van der Waals surface area (Å²) in [6.07, 6.45) is 2.20. The lowest BCUT2D eigenvalue weighted by atomic mass is 9.95. The molecular weight excluding hydrogens is 216 g/mol. The van der Waals surface area contributed by atoms with Gasteiger partial charge in [-0.3, -0.25) is 4.79 Å². The molecule has 0 saturated heterocycles. The zero-order valence-corrected chi connectivity index (χ0v) is 9.21. The van der Waals surface area contributed by atoms with Crippen LogP contribution in [0.15, 0.2) is 47.1 Å². The van der Waals surface area contributed by atoms with Gasteiger partial charge in [-0.05, 0) is 17.5 Å². The minimum Gasteiger partial charge on any atom is -0.345 e. The molecule has 86 valence electrons. The summed E-state index contributed by atoms with van der Waals surface area (Å²) in [6, 6.07) is 9.73. The van der Waals surface area contributed by atoms with Crippen LogP contribution >= 0.6 is 0 Å². The SMILES string of the molecule is [N-]=[N+]=NCC1=CC(=O)NC(c2ccccc2)C1. The van der Waals surface area contributed by atoms with E-state index in [9.17, 15) is 4.79 Å². The molecule has 1 aliphatic rings. The first kappa shape index (κ1) is 11.2. The van der Waals surface area contributed by atoms with Gasteiger partial charge in [-0.25, -0.2) is 0 Å². The third-order valence-electron chi connectivity index (χ3n) is 2.66. The number of carbonyl (C=O) groups is 1. The molecule has 1 amide bonds. The van der Waals surface area contributed by atoms with Gasteiger partial charge < -0.3 is 5.32 Å². The Morgan fingerprint density at radius 3 is 2.88 bits per heavy atom. The van der Waals surface area contributed by atoms with Gasteiger partial charge in [0.25, 0.3) is 0 Å². The fraction of sp³-hybridized carbons (Fsp3) is 0.250. The quantitative estimate of drug-likeness (QED) is 0.481. The Balaban J connectivity index is 2.16. The summed E-state index contributed by atoms with van der Waals surface area (Å²) in [5, 5.41) is 6.38. The first-order valence-electron chi connectivity index (χ1n) is 5.35. The molecule has 0 aliphatic carbocycles. The number of nitrogens with one attached hydrogen (secondary N) is 1. The highest BCUT2D eigenvalue weighted by Crippen LogP contribution is 2.24. The molecule has 0 aromatic heterocycles. The van der Waals surface area contributed by atoms with E-state index in [-0.39, 0.29) is 18.5 Å². The summed E-state index contributed by atoms with van der Waals surface area (Å²) < 4.78 is 0. The maximum atomic E-state index is 11.5. The van der Waals surface area contributed by atoms with E-state index in [1.54, 1.807) is 0 Å². The molecule has 17 heavy (non-hydrogen) atoms. The van der Waals surface area contributed by atoms with Crippen molar-refractivity contribution in [3.63, 3.8) is 0 Å². The van der Waals surface area contributed by atoms with Crippen LogP contribution in [0.3, 0.4) is 0 Å². The Labute approximate surface area is 98.8 Å². The van der Waals surface area contributed by atoms with E-state index in [1.165, 1.54) is 6.08 Å². The summed E-state index contributed by atoms with van der Waals surface area (Å²) in [6.45, 7) is 0.257. The Kier molecular flexibility index (Phi) is 3.43. The van der Waals surface area contributed by atoms with Crippen molar-refractivity contribution < 1.29 is 4.79 Å². The Hall–Kier alpha value is -2.26. The molecular formula is C12H12N4O. The molecule has 5 heteroatoms. The second-order valence-corrected chi connectivity index (χ2v) is 3.87. The predicted molar refractivity (Wildman–Crippen MR) is 64.0 cm³/mol. The average molecular weight is 228 g/mol. The van der Waals surface area contributed by atoms with Crippen molar-refractivity contribution >= 4 is 5.91 Å². The Bertz CT molecular complexity index is 488. The van der Waals surface area contributed by atoms with Crippen LogP contribution in [0.25, 0.3) is 10.4 Å².